The number of amides is 3. The zero-order valence-electron chi connectivity index (χ0n) is 33.1. The molecule has 10 rings (SSSR count). The fourth-order valence-electron chi connectivity index (χ4n) is 8.85. The molecule has 312 valence electrons. The van der Waals surface area contributed by atoms with E-state index in [9.17, 15) is 22.8 Å². The van der Waals surface area contributed by atoms with Crippen molar-refractivity contribution in [3.8, 4) is 17.0 Å². The van der Waals surface area contributed by atoms with Crippen LogP contribution in [0, 0.1) is 5.82 Å². The highest BCUT2D eigenvalue weighted by Gasteiger charge is 2.46. The number of aromatic amines is 1. The summed E-state index contributed by atoms with van der Waals surface area (Å²) in [5.74, 6) is -1.35. The normalized spacial score (nSPS) is 20.2. The molecule has 6 aromatic rings. The summed E-state index contributed by atoms with van der Waals surface area (Å²) < 4.78 is 51.2. The molecule has 61 heavy (non-hydrogen) atoms. The lowest BCUT2D eigenvalue weighted by Crippen LogP contribution is -2.69. The molecular weight excluding hydrogens is 806 g/mol. The van der Waals surface area contributed by atoms with Gasteiger partial charge in [-0.05, 0) is 93.3 Å². The molecule has 0 aliphatic carbocycles. The Hall–Kier alpha value is -6.89. The van der Waals surface area contributed by atoms with Gasteiger partial charge in [0.2, 0.25) is 33.2 Å². The van der Waals surface area contributed by atoms with E-state index >= 15 is 4.39 Å². The quantitative estimate of drug-likeness (QED) is 0.161. The van der Waals surface area contributed by atoms with Gasteiger partial charge in [-0.25, -0.2) is 17.8 Å². The molecule has 17 nitrogen and oxygen atoms in total. The summed E-state index contributed by atoms with van der Waals surface area (Å²) in [7, 11) is -4.12. The Bertz CT molecular complexity index is 2870. The first-order valence-corrected chi connectivity index (χ1v) is 21.5. The number of carbonyl (C=O) groups is 3. The topological polar surface area (TPSA) is 200 Å². The Kier molecular flexibility index (Phi) is 9.22. The molecule has 4 aliphatic rings. The predicted octanol–water partition coefficient (Wildman–Crippen LogP) is 4.64. The average Bonchev–Trinajstić information content (AvgIpc) is 3.99. The van der Waals surface area contributed by atoms with E-state index in [1.54, 1.807) is 29.4 Å². The molecular formula is C42H40FN11O6S. The summed E-state index contributed by atoms with van der Waals surface area (Å²) >= 11 is 0. The van der Waals surface area contributed by atoms with Crippen LogP contribution in [0.1, 0.15) is 55.5 Å². The van der Waals surface area contributed by atoms with Gasteiger partial charge in [0.1, 0.15) is 23.9 Å². The number of ether oxygens (including phenoxy) is 1. The van der Waals surface area contributed by atoms with Crippen LogP contribution in [0.3, 0.4) is 0 Å². The maximum Gasteiger partial charge on any atom is 0.255 e. The number of carbonyl (C=O) groups excluding carboxylic acids is 3. The van der Waals surface area contributed by atoms with Gasteiger partial charge in [0.25, 0.3) is 5.91 Å². The van der Waals surface area contributed by atoms with Gasteiger partial charge < -0.3 is 24.8 Å². The van der Waals surface area contributed by atoms with Gasteiger partial charge in [0.05, 0.1) is 39.9 Å². The number of anilines is 4. The molecule has 3 amide bonds. The van der Waals surface area contributed by atoms with E-state index in [-0.39, 0.29) is 57.8 Å². The second kappa shape index (κ2) is 14.7. The van der Waals surface area contributed by atoms with Crippen LogP contribution < -0.4 is 25.2 Å². The fraction of sp³-hybridized carbons (Fsp3) is 0.310. The van der Waals surface area contributed by atoms with Gasteiger partial charge in [0, 0.05) is 54.8 Å². The second-order valence-corrected chi connectivity index (χ2v) is 17.9. The lowest BCUT2D eigenvalue weighted by atomic mass is 9.85. The first-order valence-electron chi connectivity index (χ1n) is 20.1. The number of fused-ring (bicyclic) bond motifs is 3. The highest BCUT2D eigenvalue weighted by Crippen LogP contribution is 2.41. The Balaban J connectivity index is 0.839. The van der Waals surface area contributed by atoms with Crippen LogP contribution in [0.2, 0.25) is 0 Å². The van der Waals surface area contributed by atoms with E-state index in [2.05, 4.69) is 45.7 Å². The first kappa shape index (κ1) is 38.3. The van der Waals surface area contributed by atoms with E-state index in [0.29, 0.717) is 47.7 Å². The number of rotatable bonds is 10. The number of nitrogens with one attached hydrogen (secondary N) is 3. The predicted molar refractivity (Wildman–Crippen MR) is 220 cm³/mol. The van der Waals surface area contributed by atoms with Crippen LogP contribution in [0.4, 0.5) is 27.4 Å². The lowest BCUT2D eigenvalue weighted by Gasteiger charge is -2.57. The van der Waals surface area contributed by atoms with Crippen LogP contribution in [-0.2, 0) is 26.0 Å². The molecule has 3 N–H and O–H groups in total. The molecule has 4 aliphatic heterocycles. The van der Waals surface area contributed by atoms with E-state index in [4.69, 9.17) is 4.74 Å². The van der Waals surface area contributed by atoms with Gasteiger partial charge in [-0.1, -0.05) is 6.07 Å². The molecule has 7 heterocycles. The van der Waals surface area contributed by atoms with Crippen molar-refractivity contribution in [3.63, 3.8) is 0 Å². The molecule has 3 unspecified atom stereocenters. The number of H-pyrrole nitrogens is 1. The second-order valence-electron chi connectivity index (χ2n) is 15.9. The Morgan fingerprint density at radius 2 is 1.79 bits per heavy atom. The minimum atomic E-state index is -4.12. The summed E-state index contributed by atoms with van der Waals surface area (Å²) in [4.78, 5) is 52.5. The Morgan fingerprint density at radius 3 is 2.57 bits per heavy atom. The van der Waals surface area contributed by atoms with Crippen molar-refractivity contribution in [2.45, 2.75) is 80.1 Å². The van der Waals surface area contributed by atoms with Crippen LogP contribution in [0.5, 0.6) is 5.75 Å². The number of aromatic nitrogens is 6. The molecule has 3 aromatic carbocycles. The summed E-state index contributed by atoms with van der Waals surface area (Å²) in [5.41, 5.74) is 4.67. The van der Waals surface area contributed by atoms with Crippen molar-refractivity contribution in [1.82, 2.24) is 40.0 Å². The van der Waals surface area contributed by atoms with Crippen molar-refractivity contribution in [2.75, 3.05) is 28.2 Å². The number of benzene rings is 3. The zero-order valence-corrected chi connectivity index (χ0v) is 33.9. The summed E-state index contributed by atoms with van der Waals surface area (Å²) in [6, 6.07) is 15.8. The number of piperidine rings is 2. The Labute approximate surface area is 348 Å². The van der Waals surface area contributed by atoms with Gasteiger partial charge in [-0.15, -0.1) is 5.10 Å². The van der Waals surface area contributed by atoms with Crippen molar-refractivity contribution in [2.24, 2.45) is 0 Å². The smallest absolute Gasteiger partial charge is 0.255 e. The highest BCUT2D eigenvalue weighted by molar-refractivity contribution is 7.91. The maximum absolute atomic E-state index is 15.7. The molecule has 3 atom stereocenters. The van der Waals surface area contributed by atoms with Crippen molar-refractivity contribution in [1.29, 1.82) is 0 Å². The van der Waals surface area contributed by atoms with Gasteiger partial charge in [0.15, 0.2) is 5.75 Å². The third-order valence-corrected chi connectivity index (χ3v) is 13.5. The average molecular weight is 846 g/mol. The standard InChI is InChI=1S/C42H40FN11O6S/c1-23(2)60-38-37(25-18-45-46-19-25)44-22-54-39(38)49-42(50-54)47-32-11-9-29(17-31(32)43)61(58,59)28-6-3-5-26(16-28)51-14-4-7-33-35(51)21-52(33)27-8-10-30-24(15-27)20-53(41(30)57)34-12-13-36(55)48-40(34)56/h3,5-6,8-11,15-19,22-23,33-35H,4,7,12-14,20-21H2,1-2H3,(H,45,46)(H,47,50)(H,48,55,56). The van der Waals surface area contributed by atoms with Crippen LogP contribution in [0.25, 0.3) is 16.9 Å². The maximum atomic E-state index is 15.7. The molecule has 0 saturated carbocycles. The van der Waals surface area contributed by atoms with Crippen LogP contribution in [0.15, 0.2) is 89.2 Å². The van der Waals surface area contributed by atoms with Crippen molar-refractivity contribution in [3.05, 3.63) is 96.3 Å². The zero-order chi connectivity index (χ0) is 42.2. The number of sulfone groups is 1. The van der Waals surface area contributed by atoms with Crippen molar-refractivity contribution < 1.29 is 31.9 Å². The molecule has 19 heteroatoms. The number of nitrogens with zero attached hydrogens (tertiary/aromatic N) is 8. The molecule has 3 aromatic heterocycles. The summed E-state index contributed by atoms with van der Waals surface area (Å²) in [6.45, 7) is 5.48. The number of imide groups is 1. The van der Waals surface area contributed by atoms with Gasteiger partial charge in [-0.3, -0.25) is 24.8 Å². The molecule has 3 saturated heterocycles. The minimum Gasteiger partial charge on any atom is -0.485 e. The van der Waals surface area contributed by atoms with Gasteiger partial charge >= 0.3 is 0 Å². The molecule has 0 spiro atoms. The number of hydrogen-bond acceptors (Lipinski definition) is 13. The largest absolute Gasteiger partial charge is 0.485 e. The molecule has 0 bridgehead atoms. The van der Waals surface area contributed by atoms with E-state index < -0.39 is 27.6 Å². The van der Waals surface area contributed by atoms with Crippen LogP contribution in [-0.4, -0.2) is 98.1 Å². The van der Waals surface area contributed by atoms with E-state index in [1.807, 2.05) is 38.1 Å². The van der Waals surface area contributed by atoms with Gasteiger partial charge in [-0.2, -0.15) is 14.6 Å². The van der Waals surface area contributed by atoms with E-state index in [0.717, 1.165) is 42.4 Å². The van der Waals surface area contributed by atoms with E-state index in [1.165, 1.54) is 29.0 Å². The third-order valence-electron chi connectivity index (χ3n) is 11.8. The Morgan fingerprint density at radius 1 is 0.951 bits per heavy atom. The number of hydrogen-bond donors (Lipinski definition) is 3. The summed E-state index contributed by atoms with van der Waals surface area (Å²) in [5, 5.41) is 16.4. The molecule has 3 fully saturated rings. The third kappa shape index (κ3) is 6.68. The minimum absolute atomic E-state index is 0.0199. The number of halogens is 1. The lowest BCUT2D eigenvalue weighted by molar-refractivity contribution is -0.136. The molecule has 0 radical (unpaired) electrons. The fourth-order valence-corrected chi connectivity index (χ4v) is 10.2. The van der Waals surface area contributed by atoms with Crippen LogP contribution >= 0.6 is 0 Å². The first-order chi connectivity index (χ1) is 29.4. The summed E-state index contributed by atoms with van der Waals surface area (Å²) in [6.07, 6.45) is 6.88. The SMILES string of the molecule is CC(C)Oc1c(-c2cn[nH]c2)ncn2nc(Nc3ccc(S(=O)(=O)c4cccc(N5CCCC6C5CN6c5ccc6c(c5)CN(C5CCC(=O)NC5=O)C6=O)c4)cc3F)nc12. The monoisotopic (exact) mass is 845 g/mol. The van der Waals surface area contributed by atoms with Crippen molar-refractivity contribution >= 4 is 56.2 Å². The highest BCUT2D eigenvalue weighted by atomic mass is 32.2.